The Labute approximate surface area is 115 Å². The van der Waals surface area contributed by atoms with E-state index < -0.39 is 16.8 Å². The Balaban J connectivity index is 1.84. The molecule has 6 heteroatoms. The first-order valence-corrected chi connectivity index (χ1v) is 6.81. The monoisotopic (exact) mass is 281 g/mol. The van der Waals surface area contributed by atoms with Gasteiger partial charge in [-0.3, -0.25) is 10.1 Å². The predicted octanol–water partition coefficient (Wildman–Crippen LogP) is 2.81. The minimum absolute atomic E-state index is 0.0829. The highest BCUT2D eigenvalue weighted by Gasteiger charge is 2.57. The summed E-state index contributed by atoms with van der Waals surface area (Å²) < 4.78 is 18.8. The standard InChI is InChI=1S/C14H16FNO4/c15-9-3-4-11(10(7-9)16(18)19)20-13-8-12(17)14(13)5-1-2-6-14/h3-4,7,12-13,17H,1-2,5-6,8H2. The molecule has 1 aromatic rings. The Hall–Kier alpha value is -1.69. The van der Waals surface area contributed by atoms with Crippen molar-refractivity contribution >= 4 is 5.69 Å². The molecular weight excluding hydrogens is 265 g/mol. The molecule has 2 aliphatic rings. The number of aliphatic hydroxyl groups is 1. The molecule has 20 heavy (non-hydrogen) atoms. The van der Waals surface area contributed by atoms with E-state index in [1.54, 1.807) is 0 Å². The largest absolute Gasteiger partial charge is 0.483 e. The molecule has 2 atom stereocenters. The summed E-state index contributed by atoms with van der Waals surface area (Å²) in [4.78, 5) is 10.3. The molecular formula is C14H16FNO4. The number of nitro benzene ring substituents is 1. The van der Waals surface area contributed by atoms with Gasteiger partial charge in [0.05, 0.1) is 17.1 Å². The lowest BCUT2D eigenvalue weighted by atomic mass is 9.62. The van der Waals surface area contributed by atoms with Gasteiger partial charge in [-0.05, 0) is 25.0 Å². The third-order valence-electron chi connectivity index (χ3n) is 4.66. The van der Waals surface area contributed by atoms with E-state index in [4.69, 9.17) is 4.74 Å². The summed E-state index contributed by atoms with van der Waals surface area (Å²) in [7, 11) is 0. The smallest absolute Gasteiger partial charge is 0.313 e. The normalized spacial score (nSPS) is 27.3. The van der Waals surface area contributed by atoms with Gasteiger partial charge in [-0.1, -0.05) is 12.8 Å². The molecule has 0 aromatic heterocycles. The highest BCUT2D eigenvalue weighted by molar-refractivity contribution is 5.46. The van der Waals surface area contributed by atoms with Gasteiger partial charge in [0, 0.05) is 11.8 Å². The lowest BCUT2D eigenvalue weighted by Gasteiger charge is -2.50. The lowest BCUT2D eigenvalue weighted by molar-refractivity contribution is -0.386. The van der Waals surface area contributed by atoms with Gasteiger partial charge in [0.25, 0.3) is 0 Å². The number of rotatable bonds is 3. The molecule has 2 aliphatic carbocycles. The van der Waals surface area contributed by atoms with Crippen molar-refractivity contribution < 1.29 is 19.2 Å². The minimum Gasteiger partial charge on any atom is -0.483 e. The molecule has 0 radical (unpaired) electrons. The summed E-state index contributed by atoms with van der Waals surface area (Å²) in [5, 5.41) is 20.9. The van der Waals surface area contributed by atoms with E-state index in [9.17, 15) is 19.6 Å². The van der Waals surface area contributed by atoms with E-state index in [-0.39, 0.29) is 23.0 Å². The number of nitrogens with zero attached hydrogens (tertiary/aromatic N) is 1. The summed E-state index contributed by atoms with van der Waals surface area (Å²) in [5.74, 6) is -0.576. The van der Waals surface area contributed by atoms with Crippen LogP contribution in [0.3, 0.4) is 0 Å². The molecule has 3 rings (SSSR count). The summed E-state index contributed by atoms with van der Waals surface area (Å²) in [5.41, 5.74) is -0.623. The van der Waals surface area contributed by atoms with Gasteiger partial charge in [0.15, 0.2) is 5.75 Å². The number of ether oxygens (including phenoxy) is 1. The number of hydrogen-bond acceptors (Lipinski definition) is 4. The second-order valence-electron chi connectivity index (χ2n) is 5.67. The first-order chi connectivity index (χ1) is 9.53. The van der Waals surface area contributed by atoms with Gasteiger partial charge in [0.1, 0.15) is 11.9 Å². The molecule has 2 fully saturated rings. The van der Waals surface area contributed by atoms with Gasteiger partial charge in [-0.2, -0.15) is 0 Å². The van der Waals surface area contributed by atoms with E-state index in [1.807, 2.05) is 0 Å². The number of aliphatic hydroxyl groups excluding tert-OH is 1. The molecule has 1 spiro atoms. The van der Waals surface area contributed by atoms with Gasteiger partial charge < -0.3 is 9.84 Å². The number of benzene rings is 1. The van der Waals surface area contributed by atoms with Crippen LogP contribution in [0.2, 0.25) is 0 Å². The number of halogens is 1. The predicted molar refractivity (Wildman–Crippen MR) is 69.0 cm³/mol. The molecule has 2 unspecified atom stereocenters. The zero-order chi connectivity index (χ0) is 14.3. The van der Waals surface area contributed by atoms with Crippen molar-refractivity contribution in [2.75, 3.05) is 0 Å². The second kappa shape index (κ2) is 4.70. The van der Waals surface area contributed by atoms with Crippen LogP contribution < -0.4 is 4.74 Å². The Morgan fingerprint density at radius 2 is 2.10 bits per heavy atom. The van der Waals surface area contributed by atoms with Crippen molar-refractivity contribution in [2.24, 2.45) is 5.41 Å². The minimum atomic E-state index is -0.659. The summed E-state index contributed by atoms with van der Waals surface area (Å²) in [6.07, 6.45) is 3.72. The quantitative estimate of drug-likeness (QED) is 0.683. The van der Waals surface area contributed by atoms with Crippen LogP contribution in [-0.4, -0.2) is 22.2 Å². The zero-order valence-electron chi connectivity index (χ0n) is 10.9. The number of hydrogen-bond donors (Lipinski definition) is 1. The van der Waals surface area contributed by atoms with Crippen LogP contribution in [0.15, 0.2) is 18.2 Å². The SMILES string of the molecule is O=[N+]([O-])c1cc(F)ccc1OC1CC(O)C12CCCC2. The number of nitro groups is 1. The third-order valence-corrected chi connectivity index (χ3v) is 4.66. The molecule has 1 aromatic carbocycles. The Kier molecular flexibility index (Phi) is 3.12. The van der Waals surface area contributed by atoms with E-state index in [0.29, 0.717) is 6.42 Å². The van der Waals surface area contributed by atoms with Gasteiger partial charge >= 0.3 is 5.69 Å². The highest BCUT2D eigenvalue weighted by atomic mass is 19.1. The van der Waals surface area contributed by atoms with Crippen LogP contribution >= 0.6 is 0 Å². The second-order valence-corrected chi connectivity index (χ2v) is 5.67. The topological polar surface area (TPSA) is 72.6 Å². The van der Waals surface area contributed by atoms with Crippen molar-refractivity contribution in [1.82, 2.24) is 0 Å². The Morgan fingerprint density at radius 3 is 2.70 bits per heavy atom. The maximum absolute atomic E-state index is 13.1. The van der Waals surface area contributed by atoms with Gasteiger partial charge in [0.2, 0.25) is 0 Å². The van der Waals surface area contributed by atoms with Gasteiger partial charge in [-0.25, -0.2) is 4.39 Å². The van der Waals surface area contributed by atoms with Crippen LogP contribution in [0.25, 0.3) is 0 Å². The van der Waals surface area contributed by atoms with E-state index in [2.05, 4.69) is 0 Å². The van der Waals surface area contributed by atoms with Crippen molar-refractivity contribution in [3.8, 4) is 5.75 Å². The first-order valence-electron chi connectivity index (χ1n) is 6.81. The van der Waals surface area contributed by atoms with E-state index in [1.165, 1.54) is 6.07 Å². The zero-order valence-corrected chi connectivity index (χ0v) is 10.9. The van der Waals surface area contributed by atoms with E-state index >= 15 is 0 Å². The van der Waals surface area contributed by atoms with Crippen molar-refractivity contribution in [2.45, 2.75) is 44.3 Å². The van der Waals surface area contributed by atoms with Crippen LogP contribution in [-0.2, 0) is 0 Å². The molecule has 1 N–H and O–H groups in total. The molecule has 5 nitrogen and oxygen atoms in total. The van der Waals surface area contributed by atoms with Crippen LogP contribution in [0, 0.1) is 21.3 Å². The Bertz CT molecular complexity index is 542. The molecule has 0 heterocycles. The van der Waals surface area contributed by atoms with Gasteiger partial charge in [-0.15, -0.1) is 0 Å². The molecule has 0 saturated heterocycles. The average molecular weight is 281 g/mol. The summed E-state index contributed by atoms with van der Waals surface area (Å²) in [6.45, 7) is 0. The molecule has 0 bridgehead atoms. The summed E-state index contributed by atoms with van der Waals surface area (Å²) >= 11 is 0. The fourth-order valence-corrected chi connectivity index (χ4v) is 3.47. The third kappa shape index (κ3) is 1.95. The van der Waals surface area contributed by atoms with Crippen molar-refractivity contribution in [3.63, 3.8) is 0 Å². The van der Waals surface area contributed by atoms with E-state index in [0.717, 1.165) is 37.8 Å². The highest BCUT2D eigenvalue weighted by Crippen LogP contribution is 2.55. The Morgan fingerprint density at radius 1 is 1.40 bits per heavy atom. The molecule has 108 valence electrons. The summed E-state index contributed by atoms with van der Waals surface area (Å²) in [6, 6.07) is 3.31. The fourth-order valence-electron chi connectivity index (χ4n) is 3.47. The van der Waals surface area contributed by atoms with Crippen LogP contribution in [0.4, 0.5) is 10.1 Å². The average Bonchev–Trinajstić information content (AvgIpc) is 2.92. The van der Waals surface area contributed by atoms with Crippen molar-refractivity contribution in [3.05, 3.63) is 34.1 Å². The van der Waals surface area contributed by atoms with Crippen LogP contribution in [0.1, 0.15) is 32.1 Å². The maximum atomic E-state index is 13.1. The fraction of sp³-hybridized carbons (Fsp3) is 0.571. The maximum Gasteiger partial charge on any atom is 0.313 e. The molecule has 0 amide bonds. The lowest BCUT2D eigenvalue weighted by Crippen LogP contribution is -2.58. The molecule has 0 aliphatic heterocycles. The van der Waals surface area contributed by atoms with Crippen molar-refractivity contribution in [1.29, 1.82) is 0 Å². The van der Waals surface area contributed by atoms with Crippen LogP contribution in [0.5, 0.6) is 5.75 Å². The first kappa shape index (κ1) is 13.3. The molecule has 2 saturated carbocycles.